The number of amides is 1. The van der Waals surface area contributed by atoms with Crippen LogP contribution in [0.25, 0.3) is 11.1 Å². The SMILES string of the molecule is Cc1ccnc([C@@H](NC(=O)c2cc(CO)cc(-c3ccc(F)cc3C)c2)C2CC2)c1. The van der Waals surface area contributed by atoms with E-state index in [-0.39, 0.29) is 24.4 Å². The maximum absolute atomic E-state index is 13.5. The van der Waals surface area contributed by atoms with Crippen LogP contribution in [-0.4, -0.2) is 16.0 Å². The van der Waals surface area contributed by atoms with Crippen LogP contribution in [0.3, 0.4) is 0 Å². The third-order valence-electron chi connectivity index (χ3n) is 5.57. The van der Waals surface area contributed by atoms with Gasteiger partial charge in [0.15, 0.2) is 0 Å². The number of nitrogens with zero attached hydrogens (tertiary/aromatic N) is 1. The fourth-order valence-corrected chi connectivity index (χ4v) is 3.84. The molecule has 0 saturated heterocycles. The zero-order valence-corrected chi connectivity index (χ0v) is 17.2. The van der Waals surface area contributed by atoms with Crippen molar-refractivity contribution in [3.8, 4) is 11.1 Å². The molecule has 0 aliphatic heterocycles. The van der Waals surface area contributed by atoms with E-state index in [4.69, 9.17) is 0 Å². The van der Waals surface area contributed by atoms with Crippen molar-refractivity contribution in [2.75, 3.05) is 0 Å². The molecule has 1 atom stereocenters. The molecule has 1 aliphatic carbocycles. The van der Waals surface area contributed by atoms with E-state index in [1.807, 2.05) is 32.0 Å². The van der Waals surface area contributed by atoms with Gasteiger partial charge in [-0.15, -0.1) is 0 Å². The molecule has 2 N–H and O–H groups in total. The minimum absolute atomic E-state index is 0.133. The second kappa shape index (κ2) is 8.36. The quantitative estimate of drug-likeness (QED) is 0.616. The largest absolute Gasteiger partial charge is 0.392 e. The molecule has 30 heavy (non-hydrogen) atoms. The van der Waals surface area contributed by atoms with E-state index in [0.717, 1.165) is 40.8 Å². The molecule has 1 aliphatic rings. The van der Waals surface area contributed by atoms with Gasteiger partial charge in [-0.2, -0.15) is 0 Å². The number of halogens is 1. The van der Waals surface area contributed by atoms with Crippen LogP contribution in [-0.2, 0) is 6.61 Å². The van der Waals surface area contributed by atoms with Crippen molar-refractivity contribution in [3.63, 3.8) is 0 Å². The van der Waals surface area contributed by atoms with Gasteiger partial charge in [0.05, 0.1) is 18.3 Å². The highest BCUT2D eigenvalue weighted by molar-refractivity contribution is 5.96. The lowest BCUT2D eigenvalue weighted by Crippen LogP contribution is -2.30. The Labute approximate surface area is 175 Å². The number of nitrogens with one attached hydrogen (secondary N) is 1. The summed E-state index contributed by atoms with van der Waals surface area (Å²) in [4.78, 5) is 17.6. The van der Waals surface area contributed by atoms with Gasteiger partial charge in [-0.1, -0.05) is 6.07 Å². The van der Waals surface area contributed by atoms with E-state index >= 15 is 0 Å². The minimum atomic E-state index is -0.301. The topological polar surface area (TPSA) is 62.2 Å². The summed E-state index contributed by atoms with van der Waals surface area (Å²) in [7, 11) is 0. The Bertz CT molecular complexity index is 1090. The first-order chi connectivity index (χ1) is 14.4. The number of carbonyl (C=O) groups excluding carboxylic acids is 1. The fourth-order valence-electron chi connectivity index (χ4n) is 3.84. The first-order valence-electron chi connectivity index (χ1n) is 10.2. The molecule has 1 amide bonds. The highest BCUT2D eigenvalue weighted by Crippen LogP contribution is 2.40. The van der Waals surface area contributed by atoms with Gasteiger partial charge in [-0.05, 0) is 103 Å². The van der Waals surface area contributed by atoms with Crippen molar-refractivity contribution in [3.05, 3.63) is 88.5 Å². The van der Waals surface area contributed by atoms with Crippen LogP contribution in [0.4, 0.5) is 4.39 Å². The lowest BCUT2D eigenvalue weighted by Gasteiger charge is -2.19. The van der Waals surface area contributed by atoms with Crippen LogP contribution >= 0.6 is 0 Å². The molecule has 4 rings (SSSR count). The fraction of sp³-hybridized carbons (Fsp3) is 0.280. The van der Waals surface area contributed by atoms with Gasteiger partial charge in [0, 0.05) is 11.8 Å². The Morgan fingerprint density at radius 3 is 2.63 bits per heavy atom. The molecule has 1 aromatic heterocycles. The highest BCUT2D eigenvalue weighted by atomic mass is 19.1. The molecular weight excluding hydrogens is 379 g/mol. The van der Waals surface area contributed by atoms with Gasteiger partial charge < -0.3 is 10.4 Å². The summed E-state index contributed by atoms with van der Waals surface area (Å²) < 4.78 is 13.5. The van der Waals surface area contributed by atoms with E-state index in [0.29, 0.717) is 17.0 Å². The Morgan fingerprint density at radius 1 is 1.17 bits per heavy atom. The number of rotatable bonds is 6. The van der Waals surface area contributed by atoms with Crippen molar-refractivity contribution >= 4 is 5.91 Å². The van der Waals surface area contributed by atoms with Gasteiger partial charge in [0.1, 0.15) is 5.82 Å². The first kappa shape index (κ1) is 20.2. The van der Waals surface area contributed by atoms with Gasteiger partial charge >= 0.3 is 0 Å². The minimum Gasteiger partial charge on any atom is -0.392 e. The lowest BCUT2D eigenvalue weighted by molar-refractivity contribution is 0.0930. The Hall–Kier alpha value is -3.05. The number of aliphatic hydroxyl groups excluding tert-OH is 1. The van der Waals surface area contributed by atoms with Gasteiger partial charge in [-0.25, -0.2) is 4.39 Å². The van der Waals surface area contributed by atoms with Crippen LogP contribution in [0.1, 0.15) is 51.6 Å². The number of hydrogen-bond acceptors (Lipinski definition) is 3. The summed E-state index contributed by atoms with van der Waals surface area (Å²) >= 11 is 0. The number of aliphatic hydroxyl groups is 1. The van der Waals surface area contributed by atoms with Crippen LogP contribution in [0.15, 0.2) is 54.7 Å². The number of benzene rings is 2. The smallest absolute Gasteiger partial charge is 0.251 e. The summed E-state index contributed by atoms with van der Waals surface area (Å²) in [5.41, 5.74) is 5.48. The Balaban J connectivity index is 1.66. The van der Waals surface area contributed by atoms with E-state index in [1.54, 1.807) is 24.4 Å². The second-order valence-corrected chi connectivity index (χ2v) is 8.08. The summed E-state index contributed by atoms with van der Waals surface area (Å²) in [5, 5.41) is 12.9. The third-order valence-corrected chi connectivity index (χ3v) is 5.57. The van der Waals surface area contributed by atoms with E-state index in [9.17, 15) is 14.3 Å². The van der Waals surface area contributed by atoms with Gasteiger partial charge in [-0.3, -0.25) is 9.78 Å². The number of aromatic nitrogens is 1. The molecule has 0 radical (unpaired) electrons. The molecule has 5 heteroatoms. The molecule has 1 fully saturated rings. The highest BCUT2D eigenvalue weighted by Gasteiger charge is 2.34. The molecule has 0 spiro atoms. The number of carbonyl (C=O) groups is 1. The van der Waals surface area contributed by atoms with Gasteiger partial charge in [0.25, 0.3) is 5.91 Å². The molecular formula is C25H25FN2O2. The first-order valence-corrected chi connectivity index (χ1v) is 10.2. The van der Waals surface area contributed by atoms with Crippen LogP contribution in [0.5, 0.6) is 0 Å². The lowest BCUT2D eigenvalue weighted by atomic mass is 9.96. The van der Waals surface area contributed by atoms with Crippen molar-refractivity contribution in [2.45, 2.75) is 39.3 Å². The van der Waals surface area contributed by atoms with Crippen molar-refractivity contribution in [2.24, 2.45) is 5.92 Å². The summed E-state index contributed by atoms with van der Waals surface area (Å²) in [5.74, 6) is -0.111. The normalized spacial score (nSPS) is 14.4. The van der Waals surface area contributed by atoms with Crippen LogP contribution in [0.2, 0.25) is 0 Å². The molecule has 0 unspecified atom stereocenters. The maximum Gasteiger partial charge on any atom is 0.251 e. The predicted octanol–water partition coefficient (Wildman–Crippen LogP) is 4.88. The van der Waals surface area contributed by atoms with Crippen LogP contribution < -0.4 is 5.32 Å². The van der Waals surface area contributed by atoms with Crippen molar-refractivity contribution in [1.29, 1.82) is 0 Å². The van der Waals surface area contributed by atoms with Crippen LogP contribution in [0, 0.1) is 25.6 Å². The Kier molecular flexibility index (Phi) is 5.64. The zero-order valence-electron chi connectivity index (χ0n) is 17.2. The number of pyridine rings is 1. The molecule has 154 valence electrons. The van der Waals surface area contributed by atoms with E-state index in [1.165, 1.54) is 12.1 Å². The zero-order chi connectivity index (χ0) is 21.3. The molecule has 0 bridgehead atoms. The van der Waals surface area contributed by atoms with Gasteiger partial charge in [0.2, 0.25) is 0 Å². The average molecular weight is 404 g/mol. The summed E-state index contributed by atoms with van der Waals surface area (Å²) in [6.07, 6.45) is 3.91. The predicted molar refractivity (Wildman–Crippen MR) is 114 cm³/mol. The summed E-state index contributed by atoms with van der Waals surface area (Å²) in [6, 6.07) is 13.7. The molecule has 3 aromatic rings. The standard InChI is InChI=1S/C25H25FN2O2/c1-15-7-8-27-23(9-15)24(18-3-4-18)28-25(30)20-12-17(14-29)11-19(13-20)22-6-5-21(26)10-16(22)2/h5-13,18,24,29H,3-4,14H2,1-2H3,(H,28,30)/t24-/m0/s1. The molecule has 1 saturated carbocycles. The third kappa shape index (κ3) is 4.41. The van der Waals surface area contributed by atoms with Crippen molar-refractivity contribution in [1.82, 2.24) is 10.3 Å². The average Bonchev–Trinajstić information content (AvgIpc) is 3.56. The molecule has 4 nitrogen and oxygen atoms in total. The number of hydrogen-bond donors (Lipinski definition) is 2. The van der Waals surface area contributed by atoms with E-state index in [2.05, 4.69) is 10.3 Å². The second-order valence-electron chi connectivity index (χ2n) is 8.08. The summed E-state index contributed by atoms with van der Waals surface area (Å²) in [6.45, 7) is 3.66. The molecule has 2 aromatic carbocycles. The molecule has 1 heterocycles. The van der Waals surface area contributed by atoms with Crippen molar-refractivity contribution < 1.29 is 14.3 Å². The number of aryl methyl sites for hydroxylation is 2. The monoisotopic (exact) mass is 404 g/mol. The maximum atomic E-state index is 13.5. The Morgan fingerprint density at radius 2 is 1.97 bits per heavy atom. The van der Waals surface area contributed by atoms with E-state index < -0.39 is 0 Å².